The van der Waals surface area contributed by atoms with Crippen molar-refractivity contribution in [3.8, 4) is 56.8 Å². The Balaban J connectivity index is 1.90. The van der Waals surface area contributed by atoms with E-state index in [-0.39, 0.29) is 52.2 Å². The second-order valence-electron chi connectivity index (χ2n) is 10.7. The molecule has 252 valence electrons. The van der Waals surface area contributed by atoms with E-state index in [1.165, 1.54) is 38.5 Å². The van der Waals surface area contributed by atoms with Crippen molar-refractivity contribution in [1.29, 1.82) is 0 Å². The molecule has 0 N–H and O–H groups in total. The molecule has 0 radical (unpaired) electrons. The van der Waals surface area contributed by atoms with Gasteiger partial charge in [-0.2, -0.15) is 25.3 Å². The Hall–Kier alpha value is -4.47. The molecule has 12 nitrogen and oxygen atoms in total. The molecule has 0 atom stereocenters. The van der Waals surface area contributed by atoms with E-state index in [1.807, 2.05) is 32.0 Å². The number of hydrogen-bond donors (Lipinski definition) is 0. The Morgan fingerprint density at radius 3 is 1.66 bits per heavy atom. The predicted octanol–water partition coefficient (Wildman–Crippen LogP) is 5.25. The molecule has 0 unspecified atom stereocenters. The summed E-state index contributed by atoms with van der Waals surface area (Å²) in [5.74, 6) is -0.123. The van der Waals surface area contributed by atoms with Crippen molar-refractivity contribution >= 4 is 30.4 Å². The molecule has 4 rings (SSSR count). The van der Waals surface area contributed by atoms with E-state index >= 15 is 0 Å². The number of rotatable bonds is 13. The highest BCUT2D eigenvalue weighted by molar-refractivity contribution is 7.86. The topological polar surface area (TPSA) is 158 Å². The van der Waals surface area contributed by atoms with Crippen LogP contribution in [0.5, 0.6) is 34.5 Å². The first-order chi connectivity index (χ1) is 21.9. The maximum atomic E-state index is 12.5. The van der Waals surface area contributed by atoms with Crippen LogP contribution in [-0.2, 0) is 37.0 Å². The van der Waals surface area contributed by atoms with Crippen LogP contribution in [0.1, 0.15) is 16.7 Å². The Bertz CT molecular complexity index is 2100. The van der Waals surface area contributed by atoms with Crippen LogP contribution in [0.25, 0.3) is 22.3 Å². The Kier molecular flexibility index (Phi) is 10.3. The minimum absolute atomic E-state index is 0.0104. The lowest BCUT2D eigenvalue weighted by molar-refractivity contribution is 0.296. The number of methoxy groups -OCH3 is 2. The van der Waals surface area contributed by atoms with Gasteiger partial charge >= 0.3 is 30.4 Å². The Labute approximate surface area is 275 Å². The van der Waals surface area contributed by atoms with Gasteiger partial charge in [0.15, 0.2) is 23.0 Å². The second kappa shape index (κ2) is 13.7. The molecule has 0 aromatic heterocycles. The molecule has 0 saturated heterocycles. The molecule has 0 bridgehead atoms. The van der Waals surface area contributed by atoms with E-state index in [9.17, 15) is 25.3 Å². The molecule has 15 heteroatoms. The van der Waals surface area contributed by atoms with E-state index < -0.39 is 30.4 Å². The highest BCUT2D eigenvalue weighted by Gasteiger charge is 2.27. The van der Waals surface area contributed by atoms with Crippen molar-refractivity contribution in [2.45, 2.75) is 20.5 Å². The number of aryl methyl sites for hydroxylation is 2. The molecule has 0 aliphatic rings. The lowest BCUT2D eigenvalue weighted by atomic mass is 9.96. The van der Waals surface area contributed by atoms with Crippen LogP contribution in [-0.4, -0.2) is 58.2 Å². The van der Waals surface area contributed by atoms with Crippen LogP contribution in [0.3, 0.4) is 0 Å². The molecular formula is C32H34O12S3. The predicted molar refractivity (Wildman–Crippen MR) is 177 cm³/mol. The third-order valence-electron chi connectivity index (χ3n) is 6.42. The SMILES string of the molecule is COc1cc(-c2ccc(OS(C)(=O)=O)cc2)c(OC)c(OS(C)(=O)=O)c1-c1ccc(OCc2cc(C)cc(C)c2)c(OS(C)(=O)=O)c1. The van der Waals surface area contributed by atoms with Gasteiger partial charge in [0.1, 0.15) is 18.1 Å². The first-order valence-electron chi connectivity index (χ1n) is 13.8. The zero-order chi connectivity index (χ0) is 34.7. The van der Waals surface area contributed by atoms with Crippen LogP contribution < -0.4 is 26.8 Å². The zero-order valence-electron chi connectivity index (χ0n) is 26.7. The largest absolute Gasteiger partial charge is 0.496 e. The normalized spacial score (nSPS) is 11.9. The van der Waals surface area contributed by atoms with Crippen molar-refractivity contribution in [3.63, 3.8) is 0 Å². The smallest absolute Gasteiger partial charge is 0.306 e. The fourth-order valence-electron chi connectivity index (χ4n) is 4.89. The average Bonchev–Trinajstić information content (AvgIpc) is 2.93. The van der Waals surface area contributed by atoms with E-state index in [0.717, 1.165) is 35.5 Å². The minimum atomic E-state index is -4.16. The third-order valence-corrected chi connectivity index (χ3v) is 7.87. The fourth-order valence-corrected chi connectivity index (χ4v) is 6.27. The average molecular weight is 707 g/mol. The maximum Gasteiger partial charge on any atom is 0.306 e. The van der Waals surface area contributed by atoms with Crippen LogP contribution in [0.15, 0.2) is 66.7 Å². The van der Waals surface area contributed by atoms with Gasteiger partial charge in [-0.1, -0.05) is 47.5 Å². The summed E-state index contributed by atoms with van der Waals surface area (Å²) in [6.07, 6.45) is 2.66. The summed E-state index contributed by atoms with van der Waals surface area (Å²) in [5.41, 5.74) is 4.09. The van der Waals surface area contributed by atoms with Gasteiger partial charge in [-0.15, -0.1) is 0 Å². The molecule has 0 heterocycles. The molecule has 47 heavy (non-hydrogen) atoms. The summed E-state index contributed by atoms with van der Waals surface area (Å²) in [6.45, 7) is 4.02. The Morgan fingerprint density at radius 1 is 0.553 bits per heavy atom. The standard InChI is InChI=1S/C32H34O12S3/c1-20-14-21(2)16-22(15-20)19-41-27-13-10-24(17-28(27)43-46(6,35)36)30-29(39-3)18-26(31(40-4)32(30)44-47(7,37)38)23-8-11-25(12-9-23)42-45(5,33)34/h8-18H,19H2,1-7H3. The summed E-state index contributed by atoms with van der Waals surface area (Å²) >= 11 is 0. The summed E-state index contributed by atoms with van der Waals surface area (Å²) < 4.78 is 106. The van der Waals surface area contributed by atoms with Crippen molar-refractivity contribution in [2.75, 3.05) is 33.0 Å². The van der Waals surface area contributed by atoms with Gasteiger partial charge in [-0.25, -0.2) is 0 Å². The molecular weight excluding hydrogens is 673 g/mol. The van der Waals surface area contributed by atoms with Gasteiger partial charge in [-0.05, 0) is 60.9 Å². The van der Waals surface area contributed by atoms with Gasteiger partial charge in [0.2, 0.25) is 0 Å². The monoisotopic (exact) mass is 706 g/mol. The molecule has 0 saturated carbocycles. The summed E-state index contributed by atoms with van der Waals surface area (Å²) in [6, 6.07) is 17.8. The summed E-state index contributed by atoms with van der Waals surface area (Å²) in [5, 5.41) is 0. The van der Waals surface area contributed by atoms with Gasteiger partial charge in [0.05, 0.1) is 38.6 Å². The minimum Gasteiger partial charge on any atom is -0.496 e. The first-order valence-corrected chi connectivity index (χ1v) is 19.2. The van der Waals surface area contributed by atoms with E-state index in [0.29, 0.717) is 11.1 Å². The van der Waals surface area contributed by atoms with E-state index in [1.54, 1.807) is 24.3 Å². The van der Waals surface area contributed by atoms with Crippen LogP contribution in [0.2, 0.25) is 0 Å². The van der Waals surface area contributed by atoms with Gasteiger partial charge < -0.3 is 26.8 Å². The van der Waals surface area contributed by atoms with Crippen LogP contribution in [0, 0.1) is 13.8 Å². The zero-order valence-corrected chi connectivity index (χ0v) is 29.1. The van der Waals surface area contributed by atoms with Gasteiger partial charge in [0.25, 0.3) is 0 Å². The third kappa shape index (κ3) is 9.53. The van der Waals surface area contributed by atoms with Gasteiger partial charge in [0, 0.05) is 5.56 Å². The van der Waals surface area contributed by atoms with Gasteiger partial charge in [-0.3, -0.25) is 0 Å². The highest BCUT2D eigenvalue weighted by atomic mass is 32.2. The van der Waals surface area contributed by atoms with Crippen LogP contribution >= 0.6 is 0 Å². The summed E-state index contributed by atoms with van der Waals surface area (Å²) in [4.78, 5) is 0. The second-order valence-corrected chi connectivity index (χ2v) is 15.4. The molecule has 0 amide bonds. The molecule has 4 aromatic rings. The fraction of sp³-hybridized carbons (Fsp3) is 0.250. The lowest BCUT2D eigenvalue weighted by Crippen LogP contribution is -2.10. The Morgan fingerprint density at radius 2 is 1.13 bits per heavy atom. The van der Waals surface area contributed by atoms with Crippen molar-refractivity contribution in [3.05, 3.63) is 83.4 Å². The first kappa shape index (κ1) is 35.4. The van der Waals surface area contributed by atoms with E-state index in [4.69, 9.17) is 26.8 Å². The molecule has 0 aliphatic carbocycles. The molecule has 0 aliphatic heterocycles. The molecule has 4 aromatic carbocycles. The van der Waals surface area contributed by atoms with Crippen molar-refractivity contribution < 1.29 is 52.0 Å². The number of ether oxygens (including phenoxy) is 3. The van der Waals surface area contributed by atoms with Crippen molar-refractivity contribution in [1.82, 2.24) is 0 Å². The summed E-state index contributed by atoms with van der Waals surface area (Å²) in [7, 11) is -9.29. The molecule has 0 spiro atoms. The number of hydrogen-bond acceptors (Lipinski definition) is 12. The number of benzene rings is 4. The van der Waals surface area contributed by atoms with Crippen molar-refractivity contribution in [2.24, 2.45) is 0 Å². The quantitative estimate of drug-likeness (QED) is 0.167. The van der Waals surface area contributed by atoms with Crippen LogP contribution in [0.4, 0.5) is 0 Å². The maximum absolute atomic E-state index is 12.5. The highest BCUT2D eigenvalue weighted by Crippen LogP contribution is 2.52. The van der Waals surface area contributed by atoms with E-state index in [2.05, 4.69) is 0 Å². The molecule has 0 fully saturated rings. The lowest BCUT2D eigenvalue weighted by Gasteiger charge is -2.21.